The van der Waals surface area contributed by atoms with Crippen molar-refractivity contribution in [3.63, 3.8) is 0 Å². The van der Waals surface area contributed by atoms with Crippen LogP contribution < -0.4 is 0 Å². The van der Waals surface area contributed by atoms with Gasteiger partial charge in [-0.15, -0.1) is 0 Å². The largest absolute Gasteiger partial charge is 0.341 e. The molecule has 2 aliphatic heterocycles. The summed E-state index contributed by atoms with van der Waals surface area (Å²) in [6.07, 6.45) is 8.45. The van der Waals surface area contributed by atoms with Gasteiger partial charge in [-0.2, -0.15) is 0 Å². The van der Waals surface area contributed by atoms with Gasteiger partial charge in [0, 0.05) is 44.7 Å². The van der Waals surface area contributed by atoms with Crippen molar-refractivity contribution in [2.75, 3.05) is 39.3 Å². The first-order valence-electron chi connectivity index (χ1n) is 10.7. The molecule has 2 heterocycles. The fourth-order valence-electron chi connectivity index (χ4n) is 4.91. The van der Waals surface area contributed by atoms with Gasteiger partial charge in [-0.25, -0.2) is 0 Å². The number of carbonyl (C=O) groups excluding carboxylic acids is 2. The highest BCUT2D eigenvalue weighted by molar-refractivity contribution is 5.83. The lowest BCUT2D eigenvalue weighted by Gasteiger charge is -2.44. The molecule has 0 aromatic heterocycles. The Balaban J connectivity index is 1.66. The minimum absolute atomic E-state index is 0.0440. The highest BCUT2D eigenvalue weighted by Gasteiger charge is 2.40. The molecule has 0 radical (unpaired) electrons. The molecule has 1 atom stereocenters. The molecule has 3 rings (SSSR count). The van der Waals surface area contributed by atoms with Crippen LogP contribution in [0.3, 0.4) is 0 Å². The molecular formula is C21H37N3O2. The van der Waals surface area contributed by atoms with E-state index in [2.05, 4.69) is 9.80 Å². The average molecular weight is 364 g/mol. The number of hydrogen-bond donors (Lipinski definition) is 0. The van der Waals surface area contributed by atoms with Crippen LogP contribution in [0.4, 0.5) is 0 Å². The van der Waals surface area contributed by atoms with Gasteiger partial charge in [0.2, 0.25) is 11.8 Å². The number of piperidine rings is 1. The maximum atomic E-state index is 13.4. The van der Waals surface area contributed by atoms with Crippen LogP contribution in [0.25, 0.3) is 0 Å². The molecule has 148 valence electrons. The van der Waals surface area contributed by atoms with E-state index in [1.54, 1.807) is 0 Å². The zero-order chi connectivity index (χ0) is 18.7. The van der Waals surface area contributed by atoms with E-state index >= 15 is 0 Å². The number of hydrogen-bond acceptors (Lipinski definition) is 3. The van der Waals surface area contributed by atoms with Crippen molar-refractivity contribution in [3.05, 3.63) is 0 Å². The third-order valence-electron chi connectivity index (χ3n) is 6.40. The lowest BCUT2D eigenvalue weighted by molar-refractivity contribution is -0.145. The molecule has 2 amide bonds. The van der Waals surface area contributed by atoms with Crippen LogP contribution >= 0.6 is 0 Å². The average Bonchev–Trinajstić information content (AvgIpc) is 3.16. The minimum atomic E-state index is -0.323. The summed E-state index contributed by atoms with van der Waals surface area (Å²) in [5.74, 6) is 1.11. The van der Waals surface area contributed by atoms with Crippen LogP contribution in [0.5, 0.6) is 0 Å². The molecular weight excluding hydrogens is 326 g/mol. The molecule has 2 saturated heterocycles. The topological polar surface area (TPSA) is 43.9 Å². The summed E-state index contributed by atoms with van der Waals surface area (Å²) in [5.41, 5.74) is -0.323. The summed E-state index contributed by atoms with van der Waals surface area (Å²) in [5, 5.41) is 0. The van der Waals surface area contributed by atoms with Gasteiger partial charge in [0.25, 0.3) is 0 Å². The van der Waals surface area contributed by atoms with E-state index in [4.69, 9.17) is 0 Å². The minimum Gasteiger partial charge on any atom is -0.341 e. The van der Waals surface area contributed by atoms with E-state index in [0.717, 1.165) is 52.1 Å². The van der Waals surface area contributed by atoms with Gasteiger partial charge < -0.3 is 9.80 Å². The van der Waals surface area contributed by atoms with E-state index in [0.29, 0.717) is 11.8 Å². The third kappa shape index (κ3) is 4.41. The first kappa shape index (κ1) is 19.7. The van der Waals surface area contributed by atoms with Crippen molar-refractivity contribution in [2.45, 2.75) is 71.8 Å². The maximum absolute atomic E-state index is 13.4. The van der Waals surface area contributed by atoms with Crippen LogP contribution in [-0.2, 0) is 9.59 Å². The summed E-state index contributed by atoms with van der Waals surface area (Å²) in [4.78, 5) is 32.4. The molecule has 3 aliphatic rings. The first-order valence-corrected chi connectivity index (χ1v) is 10.7. The Morgan fingerprint density at radius 1 is 0.769 bits per heavy atom. The Kier molecular flexibility index (Phi) is 6.26. The van der Waals surface area contributed by atoms with E-state index in [1.165, 1.54) is 32.1 Å². The smallest absolute Gasteiger partial charge is 0.240 e. The quantitative estimate of drug-likeness (QED) is 0.774. The van der Waals surface area contributed by atoms with E-state index in [-0.39, 0.29) is 17.4 Å². The Bertz CT molecular complexity index is 494. The first-order chi connectivity index (χ1) is 12.4. The monoisotopic (exact) mass is 363 g/mol. The van der Waals surface area contributed by atoms with Gasteiger partial charge in [-0.3, -0.25) is 14.5 Å². The molecule has 26 heavy (non-hydrogen) atoms. The molecule has 1 aliphatic carbocycles. The fourth-order valence-corrected chi connectivity index (χ4v) is 4.91. The van der Waals surface area contributed by atoms with Crippen molar-refractivity contribution in [1.82, 2.24) is 14.7 Å². The van der Waals surface area contributed by atoms with Gasteiger partial charge in [-0.1, -0.05) is 33.6 Å². The van der Waals surface area contributed by atoms with Crippen LogP contribution in [0.2, 0.25) is 0 Å². The van der Waals surface area contributed by atoms with E-state index < -0.39 is 0 Å². The molecule has 0 spiro atoms. The number of carbonyl (C=O) groups is 2. The Morgan fingerprint density at radius 2 is 1.35 bits per heavy atom. The van der Waals surface area contributed by atoms with Gasteiger partial charge in [-0.05, 0) is 38.0 Å². The summed E-state index contributed by atoms with van der Waals surface area (Å²) in [6.45, 7) is 11.0. The summed E-state index contributed by atoms with van der Waals surface area (Å²) < 4.78 is 0. The van der Waals surface area contributed by atoms with E-state index in [1.807, 2.05) is 25.7 Å². The van der Waals surface area contributed by atoms with Crippen molar-refractivity contribution in [1.29, 1.82) is 0 Å². The Hall–Kier alpha value is -1.10. The second kappa shape index (κ2) is 8.28. The highest BCUT2D eigenvalue weighted by atomic mass is 16.2. The number of rotatable bonds is 3. The predicted molar refractivity (Wildman–Crippen MR) is 104 cm³/mol. The van der Waals surface area contributed by atoms with Crippen molar-refractivity contribution >= 4 is 11.8 Å². The SMILES string of the molecule is CC(C)(C)C(=O)N1CCN(C(C(=O)N2CCCCC2)C2CCCC2)CC1. The zero-order valence-electron chi connectivity index (χ0n) is 17.0. The molecule has 1 unspecified atom stereocenters. The van der Waals surface area contributed by atoms with Gasteiger partial charge in [0.1, 0.15) is 0 Å². The van der Waals surface area contributed by atoms with Gasteiger partial charge in [0.05, 0.1) is 6.04 Å². The molecule has 5 nitrogen and oxygen atoms in total. The normalized spacial score (nSPS) is 24.7. The Morgan fingerprint density at radius 3 is 1.88 bits per heavy atom. The van der Waals surface area contributed by atoms with Gasteiger partial charge in [0.15, 0.2) is 0 Å². The molecule has 0 N–H and O–H groups in total. The van der Waals surface area contributed by atoms with Gasteiger partial charge >= 0.3 is 0 Å². The second-order valence-corrected chi connectivity index (χ2v) is 9.45. The standard InChI is InChI=1S/C21H37N3O2/c1-21(2,3)20(26)24-15-13-22(14-16-24)18(17-9-5-6-10-17)19(25)23-11-7-4-8-12-23/h17-18H,4-16H2,1-3H3. The van der Waals surface area contributed by atoms with Crippen LogP contribution in [0.15, 0.2) is 0 Å². The molecule has 1 saturated carbocycles. The van der Waals surface area contributed by atoms with Crippen molar-refractivity contribution in [2.24, 2.45) is 11.3 Å². The number of piperazine rings is 1. The number of likely N-dealkylation sites (tertiary alicyclic amines) is 1. The fraction of sp³-hybridized carbons (Fsp3) is 0.905. The van der Waals surface area contributed by atoms with Crippen LogP contribution in [0, 0.1) is 11.3 Å². The molecule has 3 fully saturated rings. The lowest BCUT2D eigenvalue weighted by Crippen LogP contribution is -2.59. The molecule has 0 aromatic carbocycles. The predicted octanol–water partition coefficient (Wildman–Crippen LogP) is 2.75. The maximum Gasteiger partial charge on any atom is 0.240 e. The summed E-state index contributed by atoms with van der Waals surface area (Å²) in [6, 6.07) is 0.0440. The lowest BCUT2D eigenvalue weighted by atomic mass is 9.92. The summed E-state index contributed by atoms with van der Waals surface area (Å²) in [7, 11) is 0. The van der Waals surface area contributed by atoms with Crippen molar-refractivity contribution in [3.8, 4) is 0 Å². The molecule has 5 heteroatoms. The van der Waals surface area contributed by atoms with Crippen LogP contribution in [-0.4, -0.2) is 71.8 Å². The number of nitrogens with zero attached hydrogens (tertiary/aromatic N) is 3. The van der Waals surface area contributed by atoms with Crippen LogP contribution in [0.1, 0.15) is 65.7 Å². The molecule has 0 bridgehead atoms. The van der Waals surface area contributed by atoms with E-state index in [9.17, 15) is 9.59 Å². The van der Waals surface area contributed by atoms with Crippen molar-refractivity contribution < 1.29 is 9.59 Å². The highest BCUT2D eigenvalue weighted by Crippen LogP contribution is 2.32. The number of amides is 2. The summed E-state index contributed by atoms with van der Waals surface area (Å²) >= 11 is 0. The zero-order valence-corrected chi connectivity index (χ0v) is 17.0. The molecule has 0 aromatic rings. The Labute approximate surface area is 159 Å². The third-order valence-corrected chi connectivity index (χ3v) is 6.40. The second-order valence-electron chi connectivity index (χ2n) is 9.45.